The van der Waals surface area contributed by atoms with Crippen LogP contribution < -0.4 is 10.2 Å². The fourth-order valence-corrected chi connectivity index (χ4v) is 3.30. The maximum absolute atomic E-state index is 13.6. The zero-order valence-corrected chi connectivity index (χ0v) is 11.4. The van der Waals surface area contributed by atoms with Gasteiger partial charge < -0.3 is 10.2 Å². The number of aryl methyl sites for hydroxylation is 1. The summed E-state index contributed by atoms with van der Waals surface area (Å²) in [5.74, 6) is 0.0175. The van der Waals surface area contributed by atoms with E-state index in [9.17, 15) is 14.5 Å². The lowest BCUT2D eigenvalue weighted by molar-refractivity contribution is -0.384. The quantitative estimate of drug-likeness (QED) is 0.666. The van der Waals surface area contributed by atoms with Crippen molar-refractivity contribution in [3.8, 4) is 0 Å². The van der Waals surface area contributed by atoms with Gasteiger partial charge in [0.15, 0.2) is 0 Å². The third-order valence-corrected chi connectivity index (χ3v) is 4.39. The van der Waals surface area contributed by atoms with Crippen LogP contribution in [-0.2, 0) is 0 Å². The first-order valence-electron chi connectivity index (χ1n) is 6.99. The van der Waals surface area contributed by atoms with Gasteiger partial charge in [0, 0.05) is 19.1 Å². The van der Waals surface area contributed by atoms with Crippen LogP contribution in [0, 0.1) is 28.8 Å². The molecule has 2 fully saturated rings. The van der Waals surface area contributed by atoms with Gasteiger partial charge in [-0.05, 0) is 43.9 Å². The minimum absolute atomic E-state index is 0.133. The largest absolute Gasteiger partial charge is 0.364 e. The third-order valence-electron chi connectivity index (χ3n) is 4.39. The van der Waals surface area contributed by atoms with Crippen molar-refractivity contribution in [1.29, 1.82) is 0 Å². The van der Waals surface area contributed by atoms with E-state index < -0.39 is 10.7 Å². The molecule has 0 aromatic heterocycles. The Morgan fingerprint density at radius 1 is 1.45 bits per heavy atom. The van der Waals surface area contributed by atoms with Crippen molar-refractivity contribution in [3.63, 3.8) is 0 Å². The second-order valence-electron chi connectivity index (χ2n) is 5.72. The third kappa shape index (κ3) is 2.24. The maximum Gasteiger partial charge on any atom is 0.295 e. The van der Waals surface area contributed by atoms with Crippen molar-refractivity contribution in [3.05, 3.63) is 33.6 Å². The molecule has 0 aliphatic carbocycles. The molecule has 2 aliphatic rings. The summed E-state index contributed by atoms with van der Waals surface area (Å²) in [4.78, 5) is 12.7. The molecule has 2 unspecified atom stereocenters. The second-order valence-corrected chi connectivity index (χ2v) is 5.72. The van der Waals surface area contributed by atoms with E-state index in [2.05, 4.69) is 5.32 Å². The smallest absolute Gasteiger partial charge is 0.295 e. The minimum Gasteiger partial charge on any atom is -0.364 e. The Labute approximate surface area is 116 Å². The summed E-state index contributed by atoms with van der Waals surface area (Å²) in [7, 11) is 0. The maximum atomic E-state index is 13.6. The fourth-order valence-electron chi connectivity index (χ4n) is 3.30. The average molecular weight is 279 g/mol. The van der Waals surface area contributed by atoms with Gasteiger partial charge in [-0.1, -0.05) is 0 Å². The number of hydrogen-bond acceptors (Lipinski definition) is 4. The number of hydrogen-bond donors (Lipinski definition) is 1. The van der Waals surface area contributed by atoms with Crippen LogP contribution in [0.4, 0.5) is 15.8 Å². The molecule has 0 spiro atoms. The van der Waals surface area contributed by atoms with Gasteiger partial charge in [-0.2, -0.15) is 0 Å². The molecular weight excluding hydrogens is 261 g/mol. The highest BCUT2D eigenvalue weighted by atomic mass is 19.1. The Hall–Kier alpha value is -1.69. The van der Waals surface area contributed by atoms with Gasteiger partial charge in [0.2, 0.25) is 0 Å². The molecule has 20 heavy (non-hydrogen) atoms. The first kappa shape index (κ1) is 13.3. The molecule has 6 heteroatoms. The highest BCUT2D eigenvalue weighted by Gasteiger charge is 2.36. The molecule has 2 aliphatic heterocycles. The van der Waals surface area contributed by atoms with Gasteiger partial charge >= 0.3 is 0 Å². The van der Waals surface area contributed by atoms with Gasteiger partial charge in [-0.3, -0.25) is 10.1 Å². The molecule has 0 bridgehead atoms. The first-order chi connectivity index (χ1) is 9.56. The molecule has 0 amide bonds. The van der Waals surface area contributed by atoms with E-state index in [0.29, 0.717) is 23.2 Å². The number of fused-ring (bicyclic) bond motifs is 1. The molecule has 2 heterocycles. The normalized spacial score (nSPS) is 25.6. The Morgan fingerprint density at radius 3 is 2.95 bits per heavy atom. The average Bonchev–Trinajstić information content (AvgIpc) is 2.84. The first-order valence-corrected chi connectivity index (χ1v) is 6.99. The molecule has 2 atom stereocenters. The van der Waals surface area contributed by atoms with Crippen LogP contribution in [0.3, 0.4) is 0 Å². The lowest BCUT2D eigenvalue weighted by atomic mass is 9.94. The van der Waals surface area contributed by atoms with E-state index in [1.54, 1.807) is 13.0 Å². The van der Waals surface area contributed by atoms with Gasteiger partial charge in [0.25, 0.3) is 5.69 Å². The van der Waals surface area contributed by atoms with Crippen LogP contribution >= 0.6 is 0 Å². The van der Waals surface area contributed by atoms with Crippen molar-refractivity contribution in [2.45, 2.75) is 25.8 Å². The van der Waals surface area contributed by atoms with Crippen LogP contribution in [0.15, 0.2) is 12.1 Å². The Bertz CT molecular complexity index is 535. The molecule has 1 N–H and O–H groups in total. The van der Waals surface area contributed by atoms with Gasteiger partial charge in [0.05, 0.1) is 11.0 Å². The fraction of sp³-hybridized carbons (Fsp3) is 0.571. The number of benzene rings is 1. The number of anilines is 1. The SMILES string of the molecule is Cc1cc(N2CC3CCCNC3C2)c([N+](=O)[O-])cc1F. The zero-order chi connectivity index (χ0) is 14.3. The molecular formula is C14H18FN3O2. The molecule has 1 aromatic carbocycles. The number of nitro benzene ring substituents is 1. The summed E-state index contributed by atoms with van der Waals surface area (Å²) in [6.45, 7) is 4.23. The van der Waals surface area contributed by atoms with Crippen LogP contribution in [0.2, 0.25) is 0 Å². The summed E-state index contributed by atoms with van der Waals surface area (Å²) < 4.78 is 13.6. The number of halogens is 1. The molecule has 1 aromatic rings. The van der Waals surface area contributed by atoms with Crippen molar-refractivity contribution >= 4 is 11.4 Å². The summed E-state index contributed by atoms with van der Waals surface area (Å²) in [5, 5.41) is 14.6. The van der Waals surface area contributed by atoms with Crippen LogP contribution in [0.1, 0.15) is 18.4 Å². The summed E-state index contributed by atoms with van der Waals surface area (Å²) in [5.41, 5.74) is 0.866. The van der Waals surface area contributed by atoms with E-state index in [0.717, 1.165) is 38.5 Å². The van der Waals surface area contributed by atoms with Gasteiger partial charge in [0.1, 0.15) is 11.5 Å². The van der Waals surface area contributed by atoms with E-state index in [1.165, 1.54) is 0 Å². The summed E-state index contributed by atoms with van der Waals surface area (Å²) in [6.07, 6.45) is 2.31. The minimum atomic E-state index is -0.518. The highest BCUT2D eigenvalue weighted by Crippen LogP contribution is 2.36. The Morgan fingerprint density at radius 2 is 2.25 bits per heavy atom. The predicted molar refractivity (Wildman–Crippen MR) is 74.5 cm³/mol. The monoisotopic (exact) mass is 279 g/mol. The molecule has 0 saturated carbocycles. The lowest BCUT2D eigenvalue weighted by Crippen LogP contribution is -2.40. The van der Waals surface area contributed by atoms with Crippen LogP contribution in [-0.4, -0.2) is 30.6 Å². The van der Waals surface area contributed by atoms with Crippen molar-refractivity contribution in [2.24, 2.45) is 5.92 Å². The van der Waals surface area contributed by atoms with Crippen molar-refractivity contribution in [2.75, 3.05) is 24.5 Å². The predicted octanol–water partition coefficient (Wildman–Crippen LogP) is 2.23. The summed E-state index contributed by atoms with van der Waals surface area (Å²) in [6, 6.07) is 3.04. The van der Waals surface area contributed by atoms with Crippen molar-refractivity contribution in [1.82, 2.24) is 5.32 Å². The molecule has 2 saturated heterocycles. The number of nitro groups is 1. The van der Waals surface area contributed by atoms with E-state index in [4.69, 9.17) is 0 Å². The van der Waals surface area contributed by atoms with Gasteiger partial charge in [-0.15, -0.1) is 0 Å². The zero-order valence-electron chi connectivity index (χ0n) is 11.4. The second kappa shape index (κ2) is 5.01. The number of nitrogens with zero attached hydrogens (tertiary/aromatic N) is 2. The van der Waals surface area contributed by atoms with Crippen molar-refractivity contribution < 1.29 is 9.31 Å². The summed E-state index contributed by atoms with van der Waals surface area (Å²) >= 11 is 0. The van der Waals surface area contributed by atoms with E-state index >= 15 is 0 Å². The van der Waals surface area contributed by atoms with Gasteiger partial charge in [-0.25, -0.2) is 4.39 Å². The molecule has 0 radical (unpaired) electrons. The highest BCUT2D eigenvalue weighted by molar-refractivity contribution is 5.65. The molecule has 108 valence electrons. The van der Waals surface area contributed by atoms with Crippen LogP contribution in [0.25, 0.3) is 0 Å². The van der Waals surface area contributed by atoms with E-state index in [-0.39, 0.29) is 5.69 Å². The van der Waals surface area contributed by atoms with E-state index in [1.807, 2.05) is 4.90 Å². The number of nitrogens with one attached hydrogen (secondary N) is 1. The number of piperidine rings is 1. The van der Waals surface area contributed by atoms with Crippen LogP contribution in [0.5, 0.6) is 0 Å². The standard InChI is InChI=1S/C14H18FN3O2/c1-9-5-13(14(18(19)20)6-11(9)15)17-7-10-3-2-4-16-12(10)8-17/h5-6,10,12,16H,2-4,7-8H2,1H3. The Kier molecular flexibility index (Phi) is 3.33. The molecule has 5 nitrogen and oxygen atoms in total. The topological polar surface area (TPSA) is 58.4 Å². The lowest BCUT2D eigenvalue weighted by Gasteiger charge is -2.24. The number of rotatable bonds is 2. The Balaban J connectivity index is 1.93. The molecule has 3 rings (SSSR count).